The van der Waals surface area contributed by atoms with E-state index in [1.807, 2.05) is 0 Å². The largest absolute Gasteiger partial charge is 0.508 e. The van der Waals surface area contributed by atoms with Gasteiger partial charge in [-0.3, -0.25) is 0 Å². The molecule has 0 radical (unpaired) electrons. The highest BCUT2D eigenvalue weighted by Gasteiger charge is 2.14. The molecule has 4 nitrogen and oxygen atoms in total. The van der Waals surface area contributed by atoms with E-state index in [4.69, 9.17) is 4.74 Å². The van der Waals surface area contributed by atoms with Crippen LogP contribution < -0.4 is 5.32 Å². The molecule has 0 saturated carbocycles. The summed E-state index contributed by atoms with van der Waals surface area (Å²) >= 11 is 0. The van der Waals surface area contributed by atoms with E-state index in [2.05, 4.69) is 5.32 Å². The molecule has 0 aromatic heterocycles. The van der Waals surface area contributed by atoms with Gasteiger partial charge in [0.25, 0.3) is 0 Å². The number of ether oxygens (including phenoxy) is 1. The lowest BCUT2D eigenvalue weighted by Crippen LogP contribution is -2.32. The van der Waals surface area contributed by atoms with Crippen LogP contribution in [0.4, 0.5) is 9.18 Å². The first-order chi connectivity index (χ1) is 8.76. The number of rotatable bonds is 3. The molecule has 0 atom stereocenters. The molecule has 1 aromatic carbocycles. The number of carbonyl (C=O) groups is 1. The van der Waals surface area contributed by atoms with Crippen LogP contribution in [0, 0.1) is 5.82 Å². The summed E-state index contributed by atoms with van der Waals surface area (Å²) in [4.78, 5) is 11.3. The number of aromatic hydroxyl groups is 1. The number of phenols is 1. The number of carbonyl (C=O) groups excluding carboxylic acids is 1. The van der Waals surface area contributed by atoms with Crippen molar-refractivity contribution >= 4 is 12.2 Å². The minimum Gasteiger partial charge on any atom is -0.508 e. The van der Waals surface area contributed by atoms with Gasteiger partial charge in [-0.05, 0) is 38.5 Å². The lowest BCUT2D eigenvalue weighted by atomic mass is 10.2. The summed E-state index contributed by atoms with van der Waals surface area (Å²) in [5, 5.41) is 11.7. The van der Waals surface area contributed by atoms with Crippen LogP contribution >= 0.6 is 0 Å². The van der Waals surface area contributed by atoms with Crippen molar-refractivity contribution in [2.45, 2.75) is 26.4 Å². The van der Waals surface area contributed by atoms with Crippen LogP contribution in [-0.4, -0.2) is 23.3 Å². The van der Waals surface area contributed by atoms with Gasteiger partial charge in [-0.15, -0.1) is 0 Å². The van der Waals surface area contributed by atoms with Crippen molar-refractivity contribution < 1.29 is 19.0 Å². The summed E-state index contributed by atoms with van der Waals surface area (Å²) in [6.07, 6.45) is 2.72. The Hall–Kier alpha value is -2.04. The average Bonchev–Trinajstić information content (AvgIpc) is 2.20. The summed E-state index contributed by atoms with van der Waals surface area (Å²) in [7, 11) is 0. The highest BCUT2D eigenvalue weighted by molar-refractivity contribution is 5.68. The van der Waals surface area contributed by atoms with Crippen molar-refractivity contribution in [3.63, 3.8) is 0 Å². The first-order valence-corrected chi connectivity index (χ1v) is 5.89. The molecule has 0 spiro atoms. The molecule has 0 aliphatic carbocycles. The minimum absolute atomic E-state index is 0.139. The fraction of sp³-hybridized carbons (Fsp3) is 0.357. The number of hydrogen-bond acceptors (Lipinski definition) is 3. The molecule has 19 heavy (non-hydrogen) atoms. The lowest BCUT2D eigenvalue weighted by Gasteiger charge is -2.19. The van der Waals surface area contributed by atoms with Gasteiger partial charge in [0.1, 0.15) is 17.2 Å². The second kappa shape index (κ2) is 6.22. The minimum atomic E-state index is -0.540. The highest BCUT2D eigenvalue weighted by atomic mass is 19.1. The monoisotopic (exact) mass is 267 g/mol. The molecule has 0 saturated heterocycles. The molecule has 104 valence electrons. The van der Waals surface area contributed by atoms with Crippen LogP contribution in [0.1, 0.15) is 26.3 Å². The molecule has 0 aliphatic heterocycles. The maximum absolute atomic E-state index is 13.0. The Morgan fingerprint density at radius 2 is 2.11 bits per heavy atom. The predicted octanol–water partition coefficient (Wildman–Crippen LogP) is 3.07. The van der Waals surface area contributed by atoms with Gasteiger partial charge in [-0.2, -0.15) is 0 Å². The quantitative estimate of drug-likeness (QED) is 0.884. The molecule has 0 unspecified atom stereocenters. The summed E-state index contributed by atoms with van der Waals surface area (Å²) in [5.74, 6) is -0.653. The number of alkyl carbamates (subject to hydrolysis) is 1. The van der Waals surface area contributed by atoms with Gasteiger partial charge >= 0.3 is 6.09 Å². The molecule has 1 rings (SSSR count). The van der Waals surface area contributed by atoms with E-state index in [0.29, 0.717) is 5.56 Å². The van der Waals surface area contributed by atoms with E-state index in [1.165, 1.54) is 12.1 Å². The van der Waals surface area contributed by atoms with Crippen LogP contribution in [0.15, 0.2) is 24.3 Å². The van der Waals surface area contributed by atoms with Crippen LogP contribution in [-0.2, 0) is 4.74 Å². The fourth-order valence-electron chi connectivity index (χ4n) is 1.34. The Labute approximate surface area is 111 Å². The number of benzene rings is 1. The Bertz CT molecular complexity index is 458. The van der Waals surface area contributed by atoms with Crippen molar-refractivity contribution in [1.82, 2.24) is 5.32 Å². The second-order valence-electron chi connectivity index (χ2n) is 5.03. The summed E-state index contributed by atoms with van der Waals surface area (Å²) in [5.41, 5.74) is -0.0224. The van der Waals surface area contributed by atoms with Crippen molar-refractivity contribution in [3.05, 3.63) is 35.7 Å². The Morgan fingerprint density at radius 3 is 2.68 bits per heavy atom. The molecular weight excluding hydrogens is 249 g/mol. The topological polar surface area (TPSA) is 58.6 Å². The molecule has 1 amide bonds. The molecule has 0 heterocycles. The van der Waals surface area contributed by atoms with Gasteiger partial charge in [0.2, 0.25) is 0 Å². The van der Waals surface area contributed by atoms with Gasteiger partial charge in [-0.25, -0.2) is 9.18 Å². The van der Waals surface area contributed by atoms with Gasteiger partial charge in [0.05, 0.1) is 0 Å². The molecule has 1 aromatic rings. The molecule has 5 heteroatoms. The van der Waals surface area contributed by atoms with E-state index in [9.17, 15) is 14.3 Å². The van der Waals surface area contributed by atoms with Crippen molar-refractivity contribution in [2.24, 2.45) is 0 Å². The van der Waals surface area contributed by atoms with Crippen molar-refractivity contribution in [1.29, 1.82) is 0 Å². The third-order valence-corrected chi connectivity index (χ3v) is 1.98. The van der Waals surface area contributed by atoms with Crippen LogP contribution in [0.5, 0.6) is 5.75 Å². The summed E-state index contributed by atoms with van der Waals surface area (Å²) < 4.78 is 18.0. The third-order valence-electron chi connectivity index (χ3n) is 1.98. The van der Waals surface area contributed by atoms with Crippen LogP contribution in [0.3, 0.4) is 0 Å². The van der Waals surface area contributed by atoms with Gasteiger partial charge in [0, 0.05) is 12.6 Å². The van der Waals surface area contributed by atoms with Gasteiger partial charge in [-0.1, -0.05) is 12.2 Å². The molecule has 0 fully saturated rings. The number of halogens is 1. The van der Waals surface area contributed by atoms with E-state index < -0.39 is 17.5 Å². The van der Waals surface area contributed by atoms with E-state index in [-0.39, 0.29) is 12.3 Å². The number of hydrogen-bond donors (Lipinski definition) is 2. The third kappa shape index (κ3) is 6.45. The van der Waals surface area contributed by atoms with Crippen molar-refractivity contribution in [2.75, 3.05) is 6.54 Å². The van der Waals surface area contributed by atoms with Crippen molar-refractivity contribution in [3.8, 4) is 5.75 Å². The van der Waals surface area contributed by atoms with Gasteiger partial charge in [0.15, 0.2) is 0 Å². The SMILES string of the molecule is CC(C)(C)OC(=O)NCC=Cc1cc(O)cc(F)c1. The normalized spacial score (nSPS) is 11.6. The molecular formula is C14H18FNO3. The zero-order chi connectivity index (χ0) is 14.5. The zero-order valence-electron chi connectivity index (χ0n) is 11.2. The van der Waals surface area contributed by atoms with Crippen LogP contribution in [0.2, 0.25) is 0 Å². The molecule has 0 aliphatic rings. The molecule has 2 N–H and O–H groups in total. The first kappa shape index (κ1) is 15.0. The summed E-state index contributed by atoms with van der Waals surface area (Å²) in [6, 6.07) is 3.73. The highest BCUT2D eigenvalue weighted by Crippen LogP contribution is 2.15. The molecule has 0 bridgehead atoms. The maximum Gasteiger partial charge on any atom is 0.407 e. The smallest absolute Gasteiger partial charge is 0.407 e. The number of amides is 1. The zero-order valence-corrected chi connectivity index (χ0v) is 11.2. The Morgan fingerprint density at radius 1 is 1.42 bits per heavy atom. The maximum atomic E-state index is 13.0. The van der Waals surface area contributed by atoms with E-state index in [0.717, 1.165) is 6.07 Å². The fourth-order valence-corrected chi connectivity index (χ4v) is 1.34. The standard InChI is InChI=1S/C14H18FNO3/c1-14(2,3)19-13(18)16-6-4-5-10-7-11(15)9-12(17)8-10/h4-5,7-9,17H,6H2,1-3H3,(H,16,18). The van der Waals surface area contributed by atoms with Gasteiger partial charge < -0.3 is 15.2 Å². The number of nitrogens with one attached hydrogen (secondary N) is 1. The Kier molecular flexibility index (Phi) is 4.92. The predicted molar refractivity (Wildman–Crippen MR) is 71.3 cm³/mol. The Balaban J connectivity index is 2.44. The summed E-state index contributed by atoms with van der Waals surface area (Å²) in [6.45, 7) is 5.58. The lowest BCUT2D eigenvalue weighted by molar-refractivity contribution is 0.0534. The first-order valence-electron chi connectivity index (χ1n) is 5.89. The van der Waals surface area contributed by atoms with E-state index in [1.54, 1.807) is 32.9 Å². The van der Waals surface area contributed by atoms with E-state index >= 15 is 0 Å². The average molecular weight is 267 g/mol. The second-order valence-corrected chi connectivity index (χ2v) is 5.03. The number of phenolic OH excluding ortho intramolecular Hbond substituents is 1. The van der Waals surface area contributed by atoms with Crippen LogP contribution in [0.25, 0.3) is 6.08 Å².